The number of phosphoric ester groups is 1. The highest BCUT2D eigenvalue weighted by atomic mass is 31.2. The zero-order chi connectivity index (χ0) is 70.3. The molecule has 0 radical (unpaired) electrons. The van der Waals surface area contributed by atoms with Crippen molar-refractivity contribution in [3.63, 3.8) is 0 Å². The number of phosphoric acid groups is 1. The molecule has 0 aromatic rings. The Labute approximate surface area is 512 Å². The third-order valence-corrected chi connectivity index (χ3v) is 14.1. The minimum Gasteiger partial charge on any atom is -0.455 e. The lowest BCUT2D eigenvalue weighted by atomic mass is 9.83. The van der Waals surface area contributed by atoms with E-state index < -0.39 is 229 Å². The summed E-state index contributed by atoms with van der Waals surface area (Å²) in [6, 6.07) is 0. The average molecular weight is 1370 g/mol. The van der Waals surface area contributed by atoms with E-state index in [2.05, 4.69) is 4.52 Å². The van der Waals surface area contributed by atoms with Crippen molar-refractivity contribution in [2.24, 2.45) is 0 Å². The van der Waals surface area contributed by atoms with E-state index >= 15 is 0 Å². The molecule has 13 N–H and O–H groups in total. The molecule has 0 bridgehead atoms. The zero-order valence-electron chi connectivity index (χ0n) is 50.6. The van der Waals surface area contributed by atoms with Crippen LogP contribution in [-0.2, 0) is 123 Å². The number of hydrogen-bond donors (Lipinski definition) is 13. The van der Waals surface area contributed by atoms with Crippen LogP contribution in [-0.4, -0.2) is 299 Å². The predicted molar refractivity (Wildman–Crippen MR) is 287 cm³/mol. The SMILES string of the molecule is CC(=O)OC1C(O)[C@@H](OC(C)=O)C(OC(C)=O)C(OC(C)=O)[C@H]1OC(C)=O.CC(=O)OC1C(OC(C)=O)[C@H](OC(C)=O)C(OP(C)(C)=O)C(OC(C)=O)[C@@H]1OC(C)=O.CP(C)(=O)OC1C(O)[C@H](O)C(O)C(O)[C@@H]1O.O=P(O)(O)OC1C(O)[C@H](O)C(O)C(O)[C@@H]1O. The third-order valence-electron chi connectivity index (χ3n) is 12.1. The van der Waals surface area contributed by atoms with Crippen LogP contribution < -0.4 is 0 Å². The van der Waals surface area contributed by atoms with Crippen molar-refractivity contribution < 1.29 is 189 Å². The molecular formula is C48H79O39P3. The molecule has 42 heteroatoms. The summed E-state index contributed by atoms with van der Waals surface area (Å²) in [6.45, 7) is 15.5. The highest BCUT2D eigenvalue weighted by Gasteiger charge is 2.62. The fourth-order valence-corrected chi connectivity index (χ4v) is 11.3. The number of esters is 10. The van der Waals surface area contributed by atoms with Gasteiger partial charge in [0.25, 0.3) is 0 Å². The molecule has 0 saturated heterocycles. The van der Waals surface area contributed by atoms with Gasteiger partial charge in [0.1, 0.15) is 85.5 Å². The molecule has 4 aliphatic rings. The molecule has 4 aliphatic carbocycles. The Kier molecular flexibility index (Phi) is 32.3. The number of ether oxygens (including phenoxy) is 10. The standard InChI is InChI=1S/C18H27O12P.C16H22O11.C8H17O7P.C6H13O9P/c1-8(19)25-13-14(26-9(2)20)16(28-11(4)22)18(30-31(6,7)24)17(29-12(5)23)15(13)27-10(3)21;1-6(17)23-12-11(22)13(24-7(2)18)15(26-9(4)20)16(27-10(5)21)14(12)25-8(3)19;1-16(2,14)15-8-6(12)4(10)3(9)5(11)7(8)13;7-1-2(8)4(10)6(5(11)3(1)9)15-16(12,13)14/h13-18H,1-7H3;11-16,22H,1-5H3;3-13H,1-2H3;1-11H,(H2,12,13,14)/t13?,14-,15?,16?,17+,18?;11?,12-,13?,14?,15+,16?;3?,4-,5?,6?,7+,8?;1?,2-,3?,4?,5+,6?/m1111/s1. The summed E-state index contributed by atoms with van der Waals surface area (Å²) in [4.78, 5) is 133. The lowest BCUT2D eigenvalue weighted by Crippen LogP contribution is -2.68. The molecule has 90 heavy (non-hydrogen) atoms. The van der Waals surface area contributed by atoms with Gasteiger partial charge in [0.05, 0.1) is 0 Å². The molecule has 0 heterocycles. The Bertz CT molecular complexity index is 2460. The van der Waals surface area contributed by atoms with Gasteiger partial charge in [-0.1, -0.05) is 0 Å². The minimum absolute atomic E-state index is 0.839. The van der Waals surface area contributed by atoms with Gasteiger partial charge in [-0.3, -0.25) is 61.6 Å². The van der Waals surface area contributed by atoms with Crippen LogP contribution in [0.15, 0.2) is 0 Å². The molecule has 24 atom stereocenters. The zero-order valence-corrected chi connectivity index (χ0v) is 53.3. The molecule has 16 unspecified atom stereocenters. The van der Waals surface area contributed by atoms with Crippen molar-refractivity contribution >= 4 is 82.3 Å². The molecule has 0 aromatic carbocycles. The third kappa shape index (κ3) is 26.0. The summed E-state index contributed by atoms with van der Waals surface area (Å²) in [6.07, 6.45) is -39.4. The van der Waals surface area contributed by atoms with Gasteiger partial charge >= 0.3 is 67.5 Å². The van der Waals surface area contributed by atoms with E-state index in [1.807, 2.05) is 0 Å². The Morgan fingerprint density at radius 1 is 0.222 bits per heavy atom. The van der Waals surface area contributed by atoms with E-state index in [0.29, 0.717) is 0 Å². The van der Waals surface area contributed by atoms with E-state index in [1.54, 1.807) is 0 Å². The van der Waals surface area contributed by atoms with Crippen LogP contribution in [0.2, 0.25) is 0 Å². The van der Waals surface area contributed by atoms with Crippen molar-refractivity contribution in [2.75, 3.05) is 26.7 Å². The monoisotopic (exact) mass is 1370 g/mol. The van der Waals surface area contributed by atoms with Crippen molar-refractivity contribution in [1.82, 2.24) is 0 Å². The van der Waals surface area contributed by atoms with Crippen LogP contribution in [0.25, 0.3) is 0 Å². The van der Waals surface area contributed by atoms with Crippen molar-refractivity contribution in [2.45, 2.75) is 216 Å². The molecule has 39 nitrogen and oxygen atoms in total. The quantitative estimate of drug-likeness (QED) is 0.0388. The van der Waals surface area contributed by atoms with Gasteiger partial charge in [0.15, 0.2) is 75.8 Å². The first-order valence-corrected chi connectivity index (χ1v) is 32.8. The number of aliphatic hydroxyl groups is 11. The maximum Gasteiger partial charge on any atom is 0.470 e. The molecule has 0 spiro atoms. The molecule has 0 aromatic heterocycles. The number of rotatable bonds is 16. The first-order valence-electron chi connectivity index (χ1n) is 26.3. The van der Waals surface area contributed by atoms with Gasteiger partial charge in [0, 0.05) is 95.9 Å². The summed E-state index contributed by atoms with van der Waals surface area (Å²) in [5.74, 6) is -8.42. The highest BCUT2D eigenvalue weighted by molar-refractivity contribution is 7.57. The van der Waals surface area contributed by atoms with Crippen LogP contribution in [0.4, 0.5) is 0 Å². The topological polar surface area (TPSA) is 605 Å². The van der Waals surface area contributed by atoms with Crippen LogP contribution >= 0.6 is 22.6 Å². The lowest BCUT2D eigenvalue weighted by molar-refractivity contribution is -0.255. The number of carbonyl (C=O) groups is 10. The summed E-state index contributed by atoms with van der Waals surface area (Å²) in [5.41, 5.74) is 0. The van der Waals surface area contributed by atoms with E-state index in [1.165, 1.54) is 26.7 Å². The fourth-order valence-electron chi connectivity index (χ4n) is 9.03. The second kappa shape index (κ2) is 35.1. The maximum atomic E-state index is 12.5. The molecule has 0 amide bonds. The van der Waals surface area contributed by atoms with Gasteiger partial charge in [-0.05, 0) is 0 Å². The number of hydrogen-bond acceptors (Lipinski definition) is 37. The summed E-state index contributed by atoms with van der Waals surface area (Å²) in [7, 11) is -11.3. The predicted octanol–water partition coefficient (Wildman–Crippen LogP) is -6.39. The van der Waals surface area contributed by atoms with Gasteiger partial charge in [-0.2, -0.15) is 0 Å². The average Bonchev–Trinajstić information content (AvgIpc) is 0.780. The van der Waals surface area contributed by atoms with Gasteiger partial charge in [0.2, 0.25) is 0 Å². The van der Waals surface area contributed by atoms with Crippen molar-refractivity contribution in [3.05, 3.63) is 0 Å². The Morgan fingerprint density at radius 2 is 0.367 bits per heavy atom. The van der Waals surface area contributed by atoms with E-state index in [9.17, 15) is 113 Å². The second-order valence-corrected chi connectivity index (χ2v) is 27.5. The van der Waals surface area contributed by atoms with Gasteiger partial charge < -0.3 is 122 Å². The van der Waals surface area contributed by atoms with E-state index in [0.717, 1.165) is 69.2 Å². The minimum atomic E-state index is -5.01. The van der Waals surface area contributed by atoms with Crippen molar-refractivity contribution in [1.29, 1.82) is 0 Å². The summed E-state index contributed by atoms with van der Waals surface area (Å²) < 4.78 is 100. The Balaban J connectivity index is 0.000000624. The lowest BCUT2D eigenvalue weighted by Gasteiger charge is -2.47. The second-order valence-electron chi connectivity index (χ2n) is 20.8. The smallest absolute Gasteiger partial charge is 0.455 e. The van der Waals surface area contributed by atoms with Gasteiger partial charge in [-0.15, -0.1) is 0 Å². The Hall–Kier alpha value is -5.25. The molecule has 4 saturated carbocycles. The summed E-state index contributed by atoms with van der Waals surface area (Å²) in [5, 5.41) is 104. The van der Waals surface area contributed by atoms with Crippen molar-refractivity contribution in [3.8, 4) is 0 Å². The van der Waals surface area contributed by atoms with E-state index in [-0.39, 0.29) is 0 Å². The maximum absolute atomic E-state index is 12.5. The first kappa shape index (κ1) is 82.8. The van der Waals surface area contributed by atoms with Crippen LogP contribution in [0.1, 0.15) is 69.2 Å². The number of aliphatic hydroxyl groups excluding tert-OH is 11. The number of carbonyl (C=O) groups excluding carboxylic acids is 10. The van der Waals surface area contributed by atoms with Crippen LogP contribution in [0.3, 0.4) is 0 Å². The first-order chi connectivity index (χ1) is 40.8. The molecule has 4 fully saturated rings. The van der Waals surface area contributed by atoms with Crippen LogP contribution in [0, 0.1) is 0 Å². The molecule has 0 aliphatic heterocycles. The molecule has 4 rings (SSSR count). The molecular weight excluding hydrogens is 1290 g/mol. The highest BCUT2D eigenvalue weighted by Crippen LogP contribution is 2.46. The Morgan fingerprint density at radius 3 is 0.544 bits per heavy atom. The summed E-state index contributed by atoms with van der Waals surface area (Å²) >= 11 is 0. The fraction of sp³-hybridized carbons (Fsp3) is 0.792. The van der Waals surface area contributed by atoms with Gasteiger partial charge in [-0.25, -0.2) is 4.57 Å². The normalized spacial score (nSPS) is 34.9. The van der Waals surface area contributed by atoms with E-state index in [4.69, 9.17) is 71.3 Å². The largest absolute Gasteiger partial charge is 0.470 e. The van der Waals surface area contributed by atoms with Crippen LogP contribution in [0.5, 0.6) is 0 Å². The molecule has 520 valence electrons.